The number of nitrogens with zero attached hydrogens (tertiary/aromatic N) is 2. The fourth-order valence-corrected chi connectivity index (χ4v) is 7.70. The van der Waals surface area contributed by atoms with Crippen molar-refractivity contribution in [1.82, 2.24) is 4.90 Å². The zero-order chi connectivity index (χ0) is 27.6. The van der Waals surface area contributed by atoms with Crippen LogP contribution in [0, 0.1) is 18.8 Å². The number of likely N-dealkylation sites (tertiary alicyclic amines) is 1. The number of hydrogen-bond acceptors (Lipinski definition) is 6. The van der Waals surface area contributed by atoms with Crippen LogP contribution in [0.4, 0.5) is 5.69 Å². The minimum atomic E-state index is -1.16. The summed E-state index contributed by atoms with van der Waals surface area (Å²) in [6, 6.07) is 4.51. The third-order valence-corrected chi connectivity index (χ3v) is 9.07. The molecule has 3 aliphatic heterocycles. The van der Waals surface area contributed by atoms with E-state index in [4.69, 9.17) is 26.2 Å². The van der Waals surface area contributed by atoms with Crippen molar-refractivity contribution in [2.24, 2.45) is 11.8 Å². The van der Waals surface area contributed by atoms with Crippen molar-refractivity contribution in [2.45, 2.75) is 68.5 Å². The average molecular weight is 612 g/mol. The van der Waals surface area contributed by atoms with E-state index in [1.54, 1.807) is 28.9 Å². The van der Waals surface area contributed by atoms with Crippen molar-refractivity contribution in [3.63, 3.8) is 0 Å². The molecule has 2 amide bonds. The first kappa shape index (κ1) is 29.1. The monoisotopic (exact) mass is 610 g/mol. The Morgan fingerprint density at radius 1 is 1.34 bits per heavy atom. The third kappa shape index (κ3) is 4.91. The number of anilines is 1. The highest BCUT2D eigenvalue weighted by molar-refractivity contribution is 9.09. The van der Waals surface area contributed by atoms with Crippen LogP contribution in [0.1, 0.15) is 44.6 Å². The number of hydrogen-bond donors (Lipinski definition) is 1. The molecule has 1 aromatic carbocycles. The Labute approximate surface area is 237 Å². The second kappa shape index (κ2) is 12.1. The molecule has 1 unspecified atom stereocenters. The average Bonchev–Trinajstić information content (AvgIpc) is 3.46. The Hall–Kier alpha value is -1.94. The molecule has 1 N–H and O–H groups in total. The molecule has 4 rings (SSSR count). The number of aliphatic hydroxyl groups excluding tert-OH is 1. The Balaban J connectivity index is 1.76. The fourth-order valence-electron chi connectivity index (χ4n) is 6.44. The highest BCUT2D eigenvalue weighted by Crippen LogP contribution is 2.60. The highest BCUT2D eigenvalue weighted by Gasteiger charge is 2.77. The Kier molecular flexibility index (Phi) is 9.22. The van der Waals surface area contributed by atoms with Crippen molar-refractivity contribution in [2.75, 3.05) is 31.2 Å². The number of unbranched alkanes of at least 4 members (excludes halogenated alkanes) is 3. The molecule has 2 bridgehead atoms. The Morgan fingerprint density at radius 2 is 2.08 bits per heavy atom. The number of rotatable bonds is 12. The molecule has 0 radical (unpaired) electrons. The van der Waals surface area contributed by atoms with Gasteiger partial charge in [-0.2, -0.15) is 0 Å². The van der Waals surface area contributed by atoms with Gasteiger partial charge in [-0.3, -0.25) is 14.4 Å². The molecular weight excluding hydrogens is 576 g/mol. The summed E-state index contributed by atoms with van der Waals surface area (Å²) in [4.78, 5) is 44.7. The number of benzene rings is 1. The van der Waals surface area contributed by atoms with Crippen molar-refractivity contribution in [1.29, 1.82) is 0 Å². The van der Waals surface area contributed by atoms with Crippen LogP contribution in [0.15, 0.2) is 30.9 Å². The van der Waals surface area contributed by atoms with E-state index in [1.165, 1.54) is 0 Å². The number of carbonyl (C=O) groups is 3. The molecule has 3 heterocycles. The molecule has 3 aliphatic rings. The fraction of sp³-hybridized carbons (Fsp3) is 0.607. The van der Waals surface area contributed by atoms with Gasteiger partial charge >= 0.3 is 5.97 Å². The summed E-state index contributed by atoms with van der Waals surface area (Å²) in [6.45, 7) is 8.31. The summed E-state index contributed by atoms with van der Waals surface area (Å²) >= 11 is 10.3. The van der Waals surface area contributed by atoms with Gasteiger partial charge < -0.3 is 24.4 Å². The maximum Gasteiger partial charge on any atom is 0.312 e. The van der Waals surface area contributed by atoms with Crippen molar-refractivity contribution < 1.29 is 29.0 Å². The molecule has 8 nitrogen and oxygen atoms in total. The smallest absolute Gasteiger partial charge is 0.312 e. The van der Waals surface area contributed by atoms with Crippen molar-refractivity contribution in [3.05, 3.63) is 41.4 Å². The van der Waals surface area contributed by atoms with E-state index in [0.29, 0.717) is 36.5 Å². The third-order valence-electron chi connectivity index (χ3n) is 7.93. The number of para-hydroxylation sites is 1. The number of fused-ring (bicyclic) bond motifs is 1. The lowest BCUT2D eigenvalue weighted by atomic mass is 9.70. The first-order chi connectivity index (χ1) is 18.2. The Morgan fingerprint density at radius 3 is 2.74 bits per heavy atom. The summed E-state index contributed by atoms with van der Waals surface area (Å²) in [5, 5.41) is 9.55. The van der Waals surface area contributed by atoms with Crippen molar-refractivity contribution in [3.8, 4) is 0 Å². The minimum Gasteiger partial charge on any atom is -0.466 e. The predicted octanol–water partition coefficient (Wildman–Crippen LogP) is 4.03. The van der Waals surface area contributed by atoms with Gasteiger partial charge in [0.05, 0.1) is 35.3 Å². The van der Waals surface area contributed by atoms with Crippen LogP contribution in [0.5, 0.6) is 0 Å². The van der Waals surface area contributed by atoms with Crippen LogP contribution in [-0.2, 0) is 23.9 Å². The van der Waals surface area contributed by atoms with Crippen LogP contribution < -0.4 is 4.90 Å². The van der Waals surface area contributed by atoms with E-state index in [0.717, 1.165) is 18.4 Å². The standard InChI is InChI=1S/C28H36BrClN2O6/c1-4-13-31(22-17(3)11-10-12-19(22)30)26(35)24-28-16-18(29)23(38-28)20(27(36)37-5-2)21(28)25(34)32(24)14-8-6-7-9-15-33/h4,10-12,18,20-21,23-24,33H,1,5-9,13-16H2,2-3H3/t18?,20-,21+,23-,24-,28+/m1/s1. The van der Waals surface area contributed by atoms with Crippen LogP contribution in [0.3, 0.4) is 0 Å². The maximum atomic E-state index is 14.5. The largest absolute Gasteiger partial charge is 0.466 e. The van der Waals surface area contributed by atoms with Gasteiger partial charge in [0.2, 0.25) is 5.91 Å². The summed E-state index contributed by atoms with van der Waals surface area (Å²) in [6.07, 6.45) is 4.46. The van der Waals surface area contributed by atoms with Crippen LogP contribution in [0.2, 0.25) is 5.02 Å². The minimum absolute atomic E-state index is 0.117. The molecule has 3 fully saturated rings. The summed E-state index contributed by atoms with van der Waals surface area (Å²) in [5.41, 5.74) is 0.226. The number of amides is 2. The highest BCUT2D eigenvalue weighted by atomic mass is 79.9. The van der Waals surface area contributed by atoms with E-state index < -0.39 is 35.6 Å². The first-order valence-corrected chi connectivity index (χ1v) is 14.6. The van der Waals surface area contributed by atoms with Crippen LogP contribution >= 0.6 is 27.5 Å². The number of alkyl halides is 1. The lowest BCUT2D eigenvalue weighted by molar-refractivity contribution is -0.154. The van der Waals surface area contributed by atoms with Gasteiger partial charge in [-0.25, -0.2) is 0 Å². The molecule has 0 aromatic heterocycles. The molecule has 10 heteroatoms. The topological polar surface area (TPSA) is 96.4 Å². The Bertz CT molecular complexity index is 1070. The van der Waals surface area contributed by atoms with E-state index in [-0.39, 0.29) is 36.4 Å². The van der Waals surface area contributed by atoms with E-state index in [2.05, 4.69) is 22.5 Å². The van der Waals surface area contributed by atoms with Crippen LogP contribution in [-0.4, -0.2) is 76.7 Å². The number of ether oxygens (including phenoxy) is 2. The second-order valence-corrected chi connectivity index (χ2v) is 11.8. The molecule has 38 heavy (non-hydrogen) atoms. The summed E-state index contributed by atoms with van der Waals surface area (Å²) < 4.78 is 11.9. The molecule has 6 atom stereocenters. The second-order valence-electron chi connectivity index (χ2n) is 10.2. The van der Waals surface area contributed by atoms with E-state index >= 15 is 0 Å². The normalized spacial score (nSPS) is 29.4. The van der Waals surface area contributed by atoms with Gasteiger partial charge in [0.15, 0.2) is 0 Å². The first-order valence-electron chi connectivity index (χ1n) is 13.3. The van der Waals surface area contributed by atoms with Gasteiger partial charge in [0.1, 0.15) is 11.6 Å². The van der Waals surface area contributed by atoms with E-state index in [1.807, 2.05) is 19.1 Å². The summed E-state index contributed by atoms with van der Waals surface area (Å²) in [7, 11) is 0. The number of carbonyl (C=O) groups excluding carboxylic acids is 3. The molecule has 1 aromatic rings. The molecule has 208 valence electrons. The van der Waals surface area contributed by atoms with Gasteiger partial charge in [0, 0.05) is 24.5 Å². The summed E-state index contributed by atoms with van der Waals surface area (Å²) in [5.74, 6) is -2.62. The molecule has 0 saturated carbocycles. The lowest BCUT2D eigenvalue weighted by Crippen LogP contribution is -2.57. The number of halogens is 2. The van der Waals surface area contributed by atoms with Gasteiger partial charge in [-0.1, -0.05) is 58.6 Å². The SMILES string of the molecule is C=CCN(C(=O)[C@H]1N(CCCCCCO)C(=O)[C@@H]2[C@@H](C(=O)OCC)[C@@H]3O[C@@]21CC3Br)c1c(C)cccc1Cl. The molecule has 1 spiro atoms. The van der Waals surface area contributed by atoms with Crippen molar-refractivity contribution >= 4 is 51.0 Å². The number of esters is 1. The lowest BCUT2D eigenvalue weighted by Gasteiger charge is -2.37. The maximum absolute atomic E-state index is 14.5. The van der Waals surface area contributed by atoms with Gasteiger partial charge in [0.25, 0.3) is 5.91 Å². The zero-order valence-electron chi connectivity index (χ0n) is 21.9. The number of aliphatic hydroxyl groups is 1. The van der Waals surface area contributed by atoms with E-state index in [9.17, 15) is 14.4 Å². The van der Waals surface area contributed by atoms with Crippen LogP contribution in [0.25, 0.3) is 0 Å². The number of aryl methyl sites for hydroxylation is 1. The molecular formula is C28H36BrClN2O6. The predicted molar refractivity (Wildman–Crippen MR) is 148 cm³/mol. The van der Waals surface area contributed by atoms with Gasteiger partial charge in [-0.05, 0) is 44.7 Å². The molecule has 3 saturated heterocycles. The zero-order valence-corrected chi connectivity index (χ0v) is 24.2. The quantitative estimate of drug-likeness (QED) is 0.166. The molecule has 0 aliphatic carbocycles. The van der Waals surface area contributed by atoms with Gasteiger partial charge in [-0.15, -0.1) is 6.58 Å².